The number of amidine groups is 1. The van der Waals surface area contributed by atoms with Gasteiger partial charge in [0.15, 0.2) is 5.17 Å². The van der Waals surface area contributed by atoms with Crippen LogP contribution in [0, 0.1) is 6.92 Å². The van der Waals surface area contributed by atoms with Crippen LogP contribution in [0.15, 0.2) is 76.1 Å². The summed E-state index contributed by atoms with van der Waals surface area (Å²) < 4.78 is 4.91. The van der Waals surface area contributed by atoms with E-state index in [9.17, 15) is 4.79 Å². The minimum atomic E-state index is -0.130. The molecule has 0 fully saturated rings. The van der Waals surface area contributed by atoms with Crippen LogP contribution in [0.25, 0.3) is 6.08 Å². The fourth-order valence-electron chi connectivity index (χ4n) is 3.10. The molecule has 2 aromatic carbocycles. The second kappa shape index (κ2) is 8.71. The van der Waals surface area contributed by atoms with Gasteiger partial charge >= 0.3 is 0 Å². The van der Waals surface area contributed by atoms with E-state index >= 15 is 0 Å². The first kappa shape index (κ1) is 20.2. The van der Waals surface area contributed by atoms with Gasteiger partial charge in [0, 0.05) is 11.8 Å². The number of hydrogen-bond acceptors (Lipinski definition) is 5. The normalized spacial score (nSPS) is 15.3. The Morgan fingerprint density at radius 1 is 1.07 bits per heavy atom. The van der Waals surface area contributed by atoms with Crippen molar-refractivity contribution in [2.75, 3.05) is 4.90 Å². The molecule has 1 amide bonds. The lowest BCUT2D eigenvalue weighted by molar-refractivity contribution is -0.113. The van der Waals surface area contributed by atoms with Crippen molar-refractivity contribution in [3.05, 3.63) is 88.9 Å². The van der Waals surface area contributed by atoms with E-state index in [1.165, 1.54) is 17.3 Å². The third-order valence-electron chi connectivity index (χ3n) is 4.87. The number of carbonyl (C=O) groups is 1. The lowest BCUT2D eigenvalue weighted by Crippen LogP contribution is -2.30. The van der Waals surface area contributed by atoms with Gasteiger partial charge in [-0.25, -0.2) is 4.99 Å². The van der Waals surface area contributed by atoms with Crippen molar-refractivity contribution in [2.45, 2.75) is 32.4 Å². The molecule has 152 valence electrons. The molecule has 0 bridgehead atoms. The van der Waals surface area contributed by atoms with Gasteiger partial charge in [-0.3, -0.25) is 9.69 Å². The van der Waals surface area contributed by atoms with Gasteiger partial charge in [-0.05, 0) is 42.2 Å². The van der Waals surface area contributed by atoms with E-state index in [4.69, 9.17) is 4.52 Å². The van der Waals surface area contributed by atoms with Crippen molar-refractivity contribution in [3.63, 3.8) is 0 Å². The van der Waals surface area contributed by atoms with E-state index in [2.05, 4.69) is 36.1 Å². The third-order valence-corrected chi connectivity index (χ3v) is 5.84. The molecule has 1 aliphatic rings. The fraction of sp³-hybridized carbons (Fsp3) is 0.208. The Morgan fingerprint density at radius 3 is 2.43 bits per heavy atom. The Bertz CT molecular complexity index is 1080. The summed E-state index contributed by atoms with van der Waals surface area (Å²) in [5.74, 6) is 0.908. The first-order valence-corrected chi connectivity index (χ1v) is 10.8. The molecule has 0 spiro atoms. The van der Waals surface area contributed by atoms with Gasteiger partial charge in [-0.2, -0.15) is 0 Å². The summed E-state index contributed by atoms with van der Waals surface area (Å²) in [5.41, 5.74) is 5.40. The van der Waals surface area contributed by atoms with Crippen molar-refractivity contribution in [2.24, 2.45) is 4.99 Å². The molecule has 0 saturated carbocycles. The maximum atomic E-state index is 13.2. The van der Waals surface area contributed by atoms with Crippen LogP contribution in [0.5, 0.6) is 0 Å². The largest absolute Gasteiger partial charge is 0.364 e. The van der Waals surface area contributed by atoms with E-state index in [1.54, 1.807) is 11.2 Å². The molecule has 0 aliphatic carbocycles. The number of thioether (sulfide) groups is 1. The highest BCUT2D eigenvalue weighted by molar-refractivity contribution is 8.13. The Morgan fingerprint density at radius 2 is 1.80 bits per heavy atom. The second-order valence-corrected chi connectivity index (χ2v) is 8.44. The predicted octanol–water partition coefficient (Wildman–Crippen LogP) is 5.78. The van der Waals surface area contributed by atoms with Crippen molar-refractivity contribution < 1.29 is 9.32 Å². The van der Waals surface area contributed by atoms with Crippen molar-refractivity contribution >= 4 is 34.6 Å². The highest BCUT2D eigenvalue weighted by Gasteiger charge is 2.32. The zero-order chi connectivity index (χ0) is 21.1. The Hall–Kier alpha value is -3.12. The van der Waals surface area contributed by atoms with Gasteiger partial charge in [0.05, 0.1) is 11.4 Å². The average Bonchev–Trinajstić information content (AvgIpc) is 3.36. The molecule has 6 heteroatoms. The third kappa shape index (κ3) is 4.39. The van der Waals surface area contributed by atoms with E-state index in [0.717, 1.165) is 22.5 Å². The van der Waals surface area contributed by atoms with Gasteiger partial charge in [0.2, 0.25) is 0 Å². The summed E-state index contributed by atoms with van der Waals surface area (Å²) in [6, 6.07) is 17.9. The lowest BCUT2D eigenvalue weighted by atomic mass is 10.0. The minimum absolute atomic E-state index is 0.130. The Balaban J connectivity index is 1.64. The number of aryl methyl sites for hydroxylation is 1. The molecule has 1 aromatic heterocycles. The van der Waals surface area contributed by atoms with Crippen molar-refractivity contribution in [1.82, 2.24) is 5.16 Å². The maximum absolute atomic E-state index is 13.2. The smallest absolute Gasteiger partial charge is 0.283 e. The van der Waals surface area contributed by atoms with Crippen LogP contribution in [0.1, 0.15) is 42.1 Å². The number of benzene rings is 2. The number of amides is 1. The van der Waals surface area contributed by atoms with Crippen LogP contribution in [0.3, 0.4) is 0 Å². The highest BCUT2D eigenvalue weighted by Crippen LogP contribution is 2.31. The zero-order valence-electron chi connectivity index (χ0n) is 17.2. The number of rotatable bonds is 5. The average molecular weight is 418 g/mol. The predicted molar refractivity (Wildman–Crippen MR) is 122 cm³/mol. The molecule has 2 heterocycles. The molecule has 4 rings (SSSR count). The molecule has 0 saturated heterocycles. The molecular formula is C24H23N3O2S. The lowest BCUT2D eigenvalue weighted by Gasteiger charge is -2.17. The standard InChI is InChI=1S/C24H23N3O2S/c1-16(2)19-8-6-18(7-9-19)14-22-23(28)27(21-10-4-17(3)5-11-21)24(25-22)30-15-20-12-13-29-26-20/h4-14,16H,15H2,1-3H3. The molecule has 3 aromatic rings. The van der Waals surface area contributed by atoms with Gasteiger partial charge < -0.3 is 4.52 Å². The monoisotopic (exact) mass is 417 g/mol. The first-order chi connectivity index (χ1) is 14.5. The van der Waals surface area contributed by atoms with Gasteiger partial charge in [0.1, 0.15) is 12.0 Å². The Kier molecular flexibility index (Phi) is 5.86. The van der Waals surface area contributed by atoms with Crippen LogP contribution in [-0.4, -0.2) is 16.2 Å². The molecular weight excluding hydrogens is 394 g/mol. The van der Waals surface area contributed by atoms with Gasteiger partial charge in [-0.15, -0.1) is 0 Å². The van der Waals surface area contributed by atoms with Gasteiger partial charge in [-0.1, -0.05) is 72.7 Å². The number of aliphatic imine (C=N–C) groups is 1. The summed E-state index contributed by atoms with van der Waals surface area (Å²) in [4.78, 5) is 19.6. The molecule has 0 unspecified atom stereocenters. The Labute approximate surface area is 180 Å². The molecule has 1 aliphatic heterocycles. The van der Waals surface area contributed by atoms with Crippen LogP contribution in [-0.2, 0) is 10.5 Å². The topological polar surface area (TPSA) is 58.7 Å². The van der Waals surface area contributed by atoms with Crippen LogP contribution in [0.2, 0.25) is 0 Å². The summed E-state index contributed by atoms with van der Waals surface area (Å²) in [5, 5.41) is 4.58. The molecule has 0 radical (unpaired) electrons. The second-order valence-electron chi connectivity index (χ2n) is 7.50. The van der Waals surface area contributed by atoms with Gasteiger partial charge in [0.25, 0.3) is 5.91 Å². The molecule has 0 N–H and O–H groups in total. The van der Waals surface area contributed by atoms with E-state index in [1.807, 2.05) is 55.5 Å². The maximum Gasteiger partial charge on any atom is 0.283 e. The van der Waals surface area contributed by atoms with Crippen LogP contribution < -0.4 is 4.90 Å². The number of anilines is 1. The quantitative estimate of drug-likeness (QED) is 0.494. The van der Waals surface area contributed by atoms with Crippen LogP contribution in [0.4, 0.5) is 5.69 Å². The van der Waals surface area contributed by atoms with E-state index in [0.29, 0.717) is 22.5 Å². The fourth-order valence-corrected chi connectivity index (χ4v) is 4.01. The summed E-state index contributed by atoms with van der Waals surface area (Å²) >= 11 is 1.47. The molecule has 5 nitrogen and oxygen atoms in total. The summed E-state index contributed by atoms with van der Waals surface area (Å²) in [6.07, 6.45) is 3.39. The number of nitrogens with zero attached hydrogens (tertiary/aromatic N) is 3. The van der Waals surface area contributed by atoms with Crippen molar-refractivity contribution in [3.8, 4) is 0 Å². The number of carbonyl (C=O) groups excluding carboxylic acids is 1. The van der Waals surface area contributed by atoms with E-state index in [-0.39, 0.29) is 5.91 Å². The first-order valence-electron chi connectivity index (χ1n) is 9.85. The molecule has 30 heavy (non-hydrogen) atoms. The SMILES string of the molecule is Cc1ccc(N2C(=O)C(=Cc3ccc(C(C)C)cc3)N=C2SCc2ccon2)cc1. The molecule has 0 atom stereocenters. The summed E-state index contributed by atoms with van der Waals surface area (Å²) in [6.45, 7) is 6.35. The van der Waals surface area contributed by atoms with Crippen molar-refractivity contribution in [1.29, 1.82) is 0 Å². The number of aromatic nitrogens is 1. The summed E-state index contributed by atoms with van der Waals surface area (Å²) in [7, 11) is 0. The number of hydrogen-bond donors (Lipinski definition) is 0. The zero-order valence-corrected chi connectivity index (χ0v) is 18.0. The minimum Gasteiger partial charge on any atom is -0.364 e. The highest BCUT2D eigenvalue weighted by atomic mass is 32.2. The van der Waals surface area contributed by atoms with Crippen LogP contribution >= 0.6 is 11.8 Å². The van der Waals surface area contributed by atoms with E-state index < -0.39 is 0 Å².